The van der Waals surface area contributed by atoms with Gasteiger partial charge in [0, 0.05) is 34.9 Å². The first-order chi connectivity index (χ1) is 9.55. The Balaban J connectivity index is 1.86. The Kier molecular flexibility index (Phi) is 4.95. The smallest absolute Gasteiger partial charge is 0.0852 e. The summed E-state index contributed by atoms with van der Waals surface area (Å²) in [5.74, 6) is 0.739. The Morgan fingerprint density at radius 3 is 2.65 bits per heavy atom. The summed E-state index contributed by atoms with van der Waals surface area (Å²) in [7, 11) is -0.724. The Morgan fingerprint density at radius 2 is 2.10 bits per heavy atom. The van der Waals surface area contributed by atoms with E-state index in [9.17, 15) is 9.47 Å². The Bertz CT molecular complexity index is 503. The van der Waals surface area contributed by atoms with Gasteiger partial charge < -0.3 is 5.32 Å². The monoisotopic (exact) mass is 290 g/mol. The zero-order valence-corrected chi connectivity index (χ0v) is 13.0. The lowest BCUT2D eigenvalue weighted by Crippen LogP contribution is -2.53. The van der Waals surface area contributed by atoms with Gasteiger partial charge in [-0.1, -0.05) is 30.3 Å². The summed E-state index contributed by atoms with van der Waals surface area (Å²) in [5, 5.41) is 13.0. The highest BCUT2D eigenvalue weighted by Gasteiger charge is 2.46. The van der Waals surface area contributed by atoms with E-state index in [1.54, 1.807) is 6.26 Å². The van der Waals surface area contributed by atoms with Crippen molar-refractivity contribution >= 4 is 10.8 Å². The van der Waals surface area contributed by atoms with Crippen molar-refractivity contribution in [2.45, 2.75) is 43.7 Å². The van der Waals surface area contributed by atoms with E-state index in [4.69, 9.17) is 0 Å². The van der Waals surface area contributed by atoms with E-state index >= 15 is 0 Å². The van der Waals surface area contributed by atoms with Crippen molar-refractivity contribution in [1.82, 2.24) is 5.32 Å². The molecule has 0 heterocycles. The quantitative estimate of drug-likeness (QED) is 0.875. The van der Waals surface area contributed by atoms with Gasteiger partial charge in [0.15, 0.2) is 0 Å². The van der Waals surface area contributed by atoms with E-state index < -0.39 is 10.8 Å². The van der Waals surface area contributed by atoms with Crippen molar-refractivity contribution in [3.8, 4) is 6.07 Å². The molecule has 1 aromatic carbocycles. The Labute approximate surface area is 123 Å². The van der Waals surface area contributed by atoms with Gasteiger partial charge in [0.2, 0.25) is 0 Å². The van der Waals surface area contributed by atoms with Crippen LogP contribution in [0.2, 0.25) is 0 Å². The van der Waals surface area contributed by atoms with Crippen molar-refractivity contribution in [1.29, 1.82) is 5.26 Å². The maximum Gasteiger partial charge on any atom is 0.0852 e. The largest absolute Gasteiger partial charge is 0.311 e. The average molecular weight is 290 g/mol. The van der Waals surface area contributed by atoms with Crippen LogP contribution < -0.4 is 5.32 Å². The fraction of sp³-hybridized carbons (Fsp3) is 0.562. The number of hydrogen-bond donors (Lipinski definition) is 1. The first-order valence-electron chi connectivity index (χ1n) is 7.08. The lowest BCUT2D eigenvalue weighted by atomic mass is 9.62. The first kappa shape index (κ1) is 15.2. The Hall–Kier alpha value is -1.18. The minimum Gasteiger partial charge on any atom is -0.311 e. The zero-order chi connectivity index (χ0) is 14.6. The first-order valence-corrected chi connectivity index (χ1v) is 8.81. The van der Waals surface area contributed by atoms with Crippen LogP contribution in [0.5, 0.6) is 0 Å². The van der Waals surface area contributed by atoms with Gasteiger partial charge in [-0.3, -0.25) is 4.21 Å². The van der Waals surface area contributed by atoms with Crippen LogP contribution in [-0.2, 0) is 16.2 Å². The molecular weight excluding hydrogens is 268 g/mol. The molecule has 1 fully saturated rings. The second-order valence-corrected chi connectivity index (χ2v) is 7.35. The molecule has 3 nitrogen and oxygen atoms in total. The highest BCUT2D eigenvalue weighted by molar-refractivity contribution is 7.84. The second-order valence-electron chi connectivity index (χ2n) is 5.80. The minimum atomic E-state index is -0.724. The molecule has 1 saturated carbocycles. The highest BCUT2D eigenvalue weighted by atomic mass is 32.2. The third kappa shape index (κ3) is 3.47. The molecule has 1 aromatic rings. The molecule has 0 bridgehead atoms. The van der Waals surface area contributed by atoms with Crippen molar-refractivity contribution in [3.05, 3.63) is 35.9 Å². The van der Waals surface area contributed by atoms with E-state index in [1.165, 1.54) is 0 Å². The summed E-state index contributed by atoms with van der Waals surface area (Å²) >= 11 is 0. The predicted octanol–water partition coefficient (Wildman–Crippen LogP) is 2.36. The van der Waals surface area contributed by atoms with E-state index in [0.29, 0.717) is 12.1 Å². The standard InChI is InChI=1S/C16H22N2OS/c1-13(8-9-20(2)19)18-15-10-16(11-15,12-17)14-6-4-3-5-7-14/h3-7,13,15,18H,8-11H2,1-2H3. The lowest BCUT2D eigenvalue weighted by Gasteiger charge is -2.44. The summed E-state index contributed by atoms with van der Waals surface area (Å²) < 4.78 is 11.1. The lowest BCUT2D eigenvalue weighted by molar-refractivity contribution is 0.211. The van der Waals surface area contributed by atoms with Crippen molar-refractivity contribution in [2.75, 3.05) is 12.0 Å². The summed E-state index contributed by atoms with van der Waals surface area (Å²) in [4.78, 5) is 0. The molecule has 108 valence electrons. The van der Waals surface area contributed by atoms with E-state index in [1.807, 2.05) is 30.3 Å². The van der Waals surface area contributed by atoms with Gasteiger partial charge in [-0.25, -0.2) is 0 Å². The molecule has 4 heteroatoms. The molecule has 0 amide bonds. The van der Waals surface area contributed by atoms with Gasteiger partial charge >= 0.3 is 0 Å². The van der Waals surface area contributed by atoms with Crippen LogP contribution in [0.15, 0.2) is 30.3 Å². The number of nitriles is 1. The van der Waals surface area contributed by atoms with Gasteiger partial charge in [0.1, 0.15) is 0 Å². The molecule has 0 radical (unpaired) electrons. The van der Waals surface area contributed by atoms with Crippen molar-refractivity contribution in [3.63, 3.8) is 0 Å². The van der Waals surface area contributed by atoms with Crippen LogP contribution in [-0.4, -0.2) is 28.3 Å². The van der Waals surface area contributed by atoms with Crippen LogP contribution >= 0.6 is 0 Å². The number of rotatable bonds is 6. The van der Waals surface area contributed by atoms with E-state index in [0.717, 1.165) is 30.6 Å². The summed E-state index contributed by atoms with van der Waals surface area (Å²) in [6, 6.07) is 13.3. The Morgan fingerprint density at radius 1 is 1.45 bits per heavy atom. The fourth-order valence-electron chi connectivity index (χ4n) is 2.88. The number of hydrogen-bond acceptors (Lipinski definition) is 3. The van der Waals surface area contributed by atoms with Gasteiger partial charge in [-0.2, -0.15) is 5.26 Å². The van der Waals surface area contributed by atoms with Crippen LogP contribution in [0.1, 0.15) is 31.7 Å². The van der Waals surface area contributed by atoms with Gasteiger partial charge in [-0.05, 0) is 31.7 Å². The minimum absolute atomic E-state index is 0.313. The van der Waals surface area contributed by atoms with Gasteiger partial charge in [0.25, 0.3) is 0 Å². The topological polar surface area (TPSA) is 52.9 Å². The summed E-state index contributed by atoms with van der Waals surface area (Å²) in [5.41, 5.74) is 0.814. The van der Waals surface area contributed by atoms with Gasteiger partial charge in [-0.15, -0.1) is 0 Å². The van der Waals surface area contributed by atoms with Crippen LogP contribution in [0.3, 0.4) is 0 Å². The third-order valence-electron chi connectivity index (χ3n) is 4.09. The number of benzene rings is 1. The maximum atomic E-state index is 11.1. The zero-order valence-electron chi connectivity index (χ0n) is 12.1. The molecule has 0 aromatic heterocycles. The summed E-state index contributed by atoms with van der Waals surface area (Å²) in [6.07, 6.45) is 4.40. The molecule has 2 atom stereocenters. The van der Waals surface area contributed by atoms with Crippen molar-refractivity contribution in [2.24, 2.45) is 0 Å². The molecule has 2 rings (SSSR count). The van der Waals surface area contributed by atoms with Crippen LogP contribution in [0.4, 0.5) is 0 Å². The van der Waals surface area contributed by atoms with Gasteiger partial charge in [0.05, 0.1) is 11.5 Å². The van der Waals surface area contributed by atoms with Crippen LogP contribution in [0, 0.1) is 11.3 Å². The molecule has 1 aliphatic rings. The van der Waals surface area contributed by atoms with E-state index in [2.05, 4.69) is 18.3 Å². The average Bonchev–Trinajstić information content (AvgIpc) is 2.41. The molecule has 0 saturated heterocycles. The second kappa shape index (κ2) is 6.51. The molecule has 0 spiro atoms. The maximum absolute atomic E-state index is 11.1. The van der Waals surface area contributed by atoms with E-state index in [-0.39, 0.29) is 5.41 Å². The third-order valence-corrected chi connectivity index (χ3v) is 4.90. The summed E-state index contributed by atoms with van der Waals surface area (Å²) in [6.45, 7) is 2.13. The molecule has 2 unspecified atom stereocenters. The molecular formula is C16H22N2OS. The molecule has 1 aliphatic carbocycles. The molecule has 20 heavy (non-hydrogen) atoms. The molecule has 0 aliphatic heterocycles. The molecule has 1 N–H and O–H groups in total. The SMILES string of the molecule is CC(CCS(C)=O)NC1CC(C#N)(c2ccccc2)C1. The fourth-order valence-corrected chi connectivity index (χ4v) is 3.56. The predicted molar refractivity (Wildman–Crippen MR) is 82.9 cm³/mol. The number of nitrogens with one attached hydrogen (secondary N) is 1. The van der Waals surface area contributed by atoms with Crippen molar-refractivity contribution < 1.29 is 4.21 Å². The normalized spacial score (nSPS) is 28.1. The van der Waals surface area contributed by atoms with Crippen LogP contribution in [0.25, 0.3) is 0 Å². The highest BCUT2D eigenvalue weighted by Crippen LogP contribution is 2.43. The number of nitrogens with zero attached hydrogens (tertiary/aromatic N) is 1.